The fourth-order valence-electron chi connectivity index (χ4n) is 1.38. The number of aromatic nitrogens is 1. The van der Waals surface area contributed by atoms with Gasteiger partial charge in [0.1, 0.15) is 0 Å². The van der Waals surface area contributed by atoms with Gasteiger partial charge < -0.3 is 19.8 Å². The second-order valence-corrected chi connectivity index (χ2v) is 3.39. The van der Waals surface area contributed by atoms with Gasteiger partial charge in [-0.2, -0.15) is 0 Å². The average molecular weight is 211 g/mol. The Hall–Kier alpha value is -1.56. The van der Waals surface area contributed by atoms with Crippen LogP contribution >= 0.6 is 0 Å². The molecule has 6 nitrogen and oxygen atoms in total. The van der Waals surface area contributed by atoms with Crippen LogP contribution in [0.1, 0.15) is 17.5 Å². The van der Waals surface area contributed by atoms with Gasteiger partial charge in [0.15, 0.2) is 0 Å². The van der Waals surface area contributed by atoms with E-state index in [1.807, 2.05) is 4.90 Å². The van der Waals surface area contributed by atoms with Crippen molar-refractivity contribution in [2.24, 2.45) is 5.73 Å². The van der Waals surface area contributed by atoms with Crippen molar-refractivity contribution in [2.75, 3.05) is 24.6 Å². The highest BCUT2D eigenvalue weighted by atomic mass is 16.5. The molecule has 1 aromatic heterocycles. The van der Waals surface area contributed by atoms with E-state index in [1.54, 1.807) is 6.92 Å². The Morgan fingerprint density at radius 1 is 1.80 bits per heavy atom. The van der Waals surface area contributed by atoms with Gasteiger partial charge in [-0.1, -0.05) is 0 Å². The molecular formula is C9H13N3O3. The molecule has 0 saturated carbocycles. The number of nitrogens with two attached hydrogens (primary N) is 1. The van der Waals surface area contributed by atoms with Crippen LogP contribution in [0.4, 0.5) is 6.01 Å². The van der Waals surface area contributed by atoms with Crippen LogP contribution in [0.2, 0.25) is 0 Å². The summed E-state index contributed by atoms with van der Waals surface area (Å²) in [5, 5.41) is 0. The second-order valence-electron chi connectivity index (χ2n) is 3.39. The Morgan fingerprint density at radius 3 is 3.13 bits per heavy atom. The number of hydrogen-bond donors (Lipinski definition) is 1. The van der Waals surface area contributed by atoms with E-state index >= 15 is 0 Å². The first-order valence-corrected chi connectivity index (χ1v) is 4.84. The molecule has 1 aromatic rings. The molecule has 2 heterocycles. The van der Waals surface area contributed by atoms with E-state index < -0.39 is 5.97 Å². The SMILES string of the molecule is CCOC(=O)c1cnc(N2CC(N)C2)o1. The first-order valence-electron chi connectivity index (χ1n) is 4.84. The third kappa shape index (κ3) is 1.94. The number of carbonyl (C=O) groups is 1. The maximum atomic E-state index is 11.3. The molecular weight excluding hydrogens is 198 g/mol. The topological polar surface area (TPSA) is 81.6 Å². The lowest BCUT2D eigenvalue weighted by molar-refractivity contribution is 0.0490. The van der Waals surface area contributed by atoms with E-state index in [1.165, 1.54) is 6.20 Å². The van der Waals surface area contributed by atoms with Crippen LogP contribution in [0.25, 0.3) is 0 Å². The van der Waals surface area contributed by atoms with Gasteiger partial charge in [0.05, 0.1) is 12.8 Å². The molecule has 1 aliphatic heterocycles. The minimum atomic E-state index is -0.485. The van der Waals surface area contributed by atoms with E-state index in [-0.39, 0.29) is 11.8 Å². The van der Waals surface area contributed by atoms with Crippen LogP contribution in [0.5, 0.6) is 0 Å². The number of nitrogens with zero attached hydrogens (tertiary/aromatic N) is 2. The van der Waals surface area contributed by atoms with Gasteiger partial charge in [0.2, 0.25) is 5.76 Å². The van der Waals surface area contributed by atoms with Crippen LogP contribution in [0, 0.1) is 0 Å². The summed E-state index contributed by atoms with van der Waals surface area (Å²) in [6.45, 7) is 3.48. The van der Waals surface area contributed by atoms with Gasteiger partial charge >= 0.3 is 5.97 Å². The molecule has 1 saturated heterocycles. The van der Waals surface area contributed by atoms with Gasteiger partial charge in [-0.25, -0.2) is 9.78 Å². The highest BCUT2D eigenvalue weighted by Gasteiger charge is 2.27. The number of rotatable bonds is 3. The van der Waals surface area contributed by atoms with Crippen molar-refractivity contribution >= 4 is 12.0 Å². The summed E-state index contributed by atoms with van der Waals surface area (Å²) in [7, 11) is 0. The molecule has 0 bridgehead atoms. The average Bonchev–Trinajstić information content (AvgIpc) is 2.62. The Bertz CT molecular complexity index is 357. The summed E-state index contributed by atoms with van der Waals surface area (Å²) < 4.78 is 10.0. The lowest BCUT2D eigenvalue weighted by atomic mass is 10.1. The number of oxazole rings is 1. The largest absolute Gasteiger partial charge is 0.460 e. The first kappa shape index (κ1) is 9.97. The normalized spacial score (nSPS) is 16.3. The van der Waals surface area contributed by atoms with Crippen molar-refractivity contribution in [1.82, 2.24) is 4.98 Å². The van der Waals surface area contributed by atoms with E-state index in [2.05, 4.69) is 4.98 Å². The molecule has 0 atom stereocenters. The third-order valence-electron chi connectivity index (χ3n) is 2.15. The smallest absolute Gasteiger partial charge is 0.376 e. The summed E-state index contributed by atoms with van der Waals surface area (Å²) in [5.74, 6) is -0.353. The zero-order valence-electron chi connectivity index (χ0n) is 8.47. The van der Waals surface area contributed by atoms with Crippen molar-refractivity contribution in [2.45, 2.75) is 13.0 Å². The third-order valence-corrected chi connectivity index (χ3v) is 2.15. The van der Waals surface area contributed by atoms with E-state index in [4.69, 9.17) is 14.9 Å². The van der Waals surface area contributed by atoms with Crippen molar-refractivity contribution in [3.63, 3.8) is 0 Å². The molecule has 1 aliphatic rings. The molecule has 6 heteroatoms. The monoisotopic (exact) mass is 211 g/mol. The first-order chi connectivity index (χ1) is 7.20. The second kappa shape index (κ2) is 3.90. The molecule has 82 valence electrons. The number of anilines is 1. The molecule has 2 rings (SSSR count). The number of ether oxygens (including phenoxy) is 1. The summed E-state index contributed by atoms with van der Waals surface area (Å²) in [5.41, 5.74) is 5.62. The summed E-state index contributed by atoms with van der Waals surface area (Å²) in [4.78, 5) is 17.1. The highest BCUT2D eigenvalue weighted by molar-refractivity contribution is 5.86. The van der Waals surface area contributed by atoms with Gasteiger partial charge in [-0.05, 0) is 6.92 Å². The van der Waals surface area contributed by atoms with Gasteiger partial charge in [-0.3, -0.25) is 0 Å². The molecule has 0 spiro atoms. The summed E-state index contributed by atoms with van der Waals surface area (Å²) in [6, 6.07) is 0.600. The van der Waals surface area contributed by atoms with Crippen LogP contribution in [0.3, 0.4) is 0 Å². The standard InChI is InChI=1S/C9H13N3O3/c1-2-14-8(13)7-3-11-9(15-7)12-4-6(10)5-12/h3,6H,2,4-5,10H2,1H3. The van der Waals surface area contributed by atoms with E-state index in [9.17, 15) is 4.79 Å². The highest BCUT2D eigenvalue weighted by Crippen LogP contribution is 2.19. The van der Waals surface area contributed by atoms with Gasteiger partial charge in [0, 0.05) is 19.1 Å². The Labute approximate surface area is 87.0 Å². The molecule has 0 amide bonds. The molecule has 0 radical (unpaired) electrons. The minimum Gasteiger partial charge on any atom is -0.460 e. The number of esters is 1. The van der Waals surface area contributed by atoms with Crippen LogP contribution in [-0.4, -0.2) is 36.7 Å². The minimum absolute atomic E-state index is 0.132. The lowest BCUT2D eigenvalue weighted by Gasteiger charge is -2.35. The summed E-state index contributed by atoms with van der Waals surface area (Å²) in [6.07, 6.45) is 1.37. The fraction of sp³-hybridized carbons (Fsp3) is 0.556. The molecule has 15 heavy (non-hydrogen) atoms. The number of carbonyl (C=O) groups excluding carboxylic acids is 1. The Balaban J connectivity index is 2.01. The molecule has 0 unspecified atom stereocenters. The van der Waals surface area contributed by atoms with Gasteiger partial charge in [0.25, 0.3) is 6.01 Å². The molecule has 0 aliphatic carbocycles. The van der Waals surface area contributed by atoms with Crippen molar-refractivity contribution in [1.29, 1.82) is 0 Å². The Morgan fingerprint density at radius 2 is 2.53 bits per heavy atom. The Kier molecular flexibility index (Phi) is 2.59. The van der Waals surface area contributed by atoms with Crippen LogP contribution < -0.4 is 10.6 Å². The number of hydrogen-bond acceptors (Lipinski definition) is 6. The zero-order chi connectivity index (χ0) is 10.8. The van der Waals surface area contributed by atoms with Crippen molar-refractivity contribution in [3.05, 3.63) is 12.0 Å². The van der Waals surface area contributed by atoms with Crippen molar-refractivity contribution in [3.8, 4) is 0 Å². The van der Waals surface area contributed by atoms with Crippen molar-refractivity contribution < 1.29 is 13.9 Å². The van der Waals surface area contributed by atoms with Gasteiger partial charge in [-0.15, -0.1) is 0 Å². The maximum Gasteiger partial charge on any atom is 0.376 e. The van der Waals surface area contributed by atoms with Crippen LogP contribution in [-0.2, 0) is 4.74 Å². The molecule has 2 N–H and O–H groups in total. The quantitative estimate of drug-likeness (QED) is 0.708. The zero-order valence-corrected chi connectivity index (χ0v) is 8.47. The summed E-state index contributed by atoms with van der Waals surface area (Å²) >= 11 is 0. The van der Waals surface area contributed by atoms with Crippen LogP contribution in [0.15, 0.2) is 10.6 Å². The fourth-order valence-corrected chi connectivity index (χ4v) is 1.38. The predicted octanol–water partition coefficient (Wildman–Crippen LogP) is -0.00140. The van der Waals surface area contributed by atoms with E-state index in [0.717, 1.165) is 0 Å². The lowest BCUT2D eigenvalue weighted by Crippen LogP contribution is -2.56. The van der Waals surface area contributed by atoms with E-state index in [0.29, 0.717) is 25.7 Å². The molecule has 1 fully saturated rings. The molecule has 0 aromatic carbocycles. The maximum absolute atomic E-state index is 11.3. The predicted molar refractivity (Wildman–Crippen MR) is 52.6 cm³/mol.